The number of nitrogens with zero attached hydrogens (tertiary/aromatic N) is 2. The number of hydrogen-bond acceptors (Lipinski definition) is 5. The van der Waals surface area contributed by atoms with E-state index in [9.17, 15) is 18.0 Å². The maximum Gasteiger partial charge on any atom is 0.336 e. The molecule has 0 radical (unpaired) electrons. The maximum absolute atomic E-state index is 12.1. The molecule has 1 aliphatic rings. The molecule has 1 aliphatic heterocycles. The number of carbonyl (C=O) groups excluding carboxylic acids is 2. The lowest BCUT2D eigenvalue weighted by molar-refractivity contribution is -0.130. The Balaban J connectivity index is 1.84. The first-order chi connectivity index (χ1) is 11.3. The third kappa shape index (κ3) is 4.47. The summed E-state index contributed by atoms with van der Waals surface area (Å²) < 4.78 is 22.7. The number of anilines is 1. The molecular formula is C16H23N3O4S. The van der Waals surface area contributed by atoms with E-state index in [-0.39, 0.29) is 18.2 Å². The Morgan fingerprint density at radius 3 is 2.42 bits per heavy atom. The smallest absolute Gasteiger partial charge is 0.336 e. The molecule has 1 aromatic rings. The number of hydrogen-bond donors (Lipinski definition) is 1. The number of benzene rings is 1. The summed E-state index contributed by atoms with van der Waals surface area (Å²) >= 11 is 0. The first-order valence-electron chi connectivity index (χ1n) is 7.93. The van der Waals surface area contributed by atoms with Crippen molar-refractivity contribution >= 4 is 26.7 Å². The highest BCUT2D eigenvalue weighted by Gasteiger charge is 2.24. The monoisotopic (exact) mass is 353 g/mol. The van der Waals surface area contributed by atoms with Crippen LogP contribution in [0.25, 0.3) is 0 Å². The van der Waals surface area contributed by atoms with Crippen molar-refractivity contribution in [2.75, 3.05) is 43.4 Å². The second-order valence-electron chi connectivity index (χ2n) is 5.75. The molecule has 0 bridgehead atoms. The molecular weight excluding hydrogens is 330 g/mol. The van der Waals surface area contributed by atoms with Crippen molar-refractivity contribution in [3.63, 3.8) is 0 Å². The molecule has 7 nitrogen and oxygen atoms in total. The number of nitrogens with one attached hydrogen (secondary N) is 1. The summed E-state index contributed by atoms with van der Waals surface area (Å²) in [6, 6.07) is 8.19. The molecule has 0 saturated carbocycles. The summed E-state index contributed by atoms with van der Waals surface area (Å²) in [5.74, 6) is -0.541. The van der Waals surface area contributed by atoms with Gasteiger partial charge in [-0.15, -0.1) is 0 Å². The Labute approximate surface area is 142 Å². The minimum atomic E-state index is -3.80. The van der Waals surface area contributed by atoms with Gasteiger partial charge < -0.3 is 15.1 Å². The van der Waals surface area contributed by atoms with Gasteiger partial charge in [-0.05, 0) is 24.6 Å². The van der Waals surface area contributed by atoms with Gasteiger partial charge in [-0.1, -0.05) is 19.1 Å². The zero-order valence-corrected chi connectivity index (χ0v) is 14.8. The number of sulfone groups is 1. The van der Waals surface area contributed by atoms with E-state index in [2.05, 4.69) is 16.3 Å². The predicted octanol–water partition coefficient (Wildman–Crippen LogP) is 0.788. The summed E-state index contributed by atoms with van der Waals surface area (Å²) in [5, 5.41) is 1.10. The highest BCUT2D eigenvalue weighted by Crippen LogP contribution is 2.17. The van der Waals surface area contributed by atoms with Gasteiger partial charge in [-0.3, -0.25) is 9.59 Å². The van der Waals surface area contributed by atoms with E-state index in [0.717, 1.165) is 5.69 Å². The van der Waals surface area contributed by atoms with Crippen LogP contribution in [0.1, 0.15) is 12.5 Å². The van der Waals surface area contributed by atoms with Crippen molar-refractivity contribution in [3.8, 4) is 0 Å². The quantitative estimate of drug-likeness (QED) is 0.865. The van der Waals surface area contributed by atoms with Crippen molar-refractivity contribution in [1.29, 1.82) is 0 Å². The zero-order chi connectivity index (χ0) is 17.7. The van der Waals surface area contributed by atoms with E-state index >= 15 is 0 Å². The molecule has 132 valence electrons. The molecule has 2 amide bonds. The van der Waals surface area contributed by atoms with Crippen molar-refractivity contribution in [2.45, 2.75) is 13.8 Å². The fourth-order valence-corrected chi connectivity index (χ4v) is 3.09. The first-order valence-corrected chi connectivity index (χ1v) is 9.58. The molecule has 2 rings (SSSR count). The standard InChI is InChI=1S/C16H23N3O4S/c1-3-24(22,23)16(21)17-12-15(20)19-9-7-18(8-10-19)14-6-4-5-13(2)11-14/h4-6,11H,3,7-10,12H2,1-2H3,(H,17,21). The second kappa shape index (κ2) is 7.65. The van der Waals surface area contributed by atoms with Gasteiger partial charge in [0.1, 0.15) is 0 Å². The highest BCUT2D eigenvalue weighted by molar-refractivity contribution is 8.05. The minimum absolute atomic E-state index is 0.265. The fourth-order valence-electron chi connectivity index (χ4n) is 2.54. The molecule has 0 atom stereocenters. The largest absolute Gasteiger partial charge is 0.368 e. The third-order valence-electron chi connectivity index (χ3n) is 4.05. The predicted molar refractivity (Wildman–Crippen MR) is 92.8 cm³/mol. The van der Waals surface area contributed by atoms with Crippen molar-refractivity contribution < 1.29 is 18.0 Å². The van der Waals surface area contributed by atoms with Gasteiger partial charge in [-0.2, -0.15) is 0 Å². The fraction of sp³-hybridized carbons (Fsp3) is 0.500. The van der Waals surface area contributed by atoms with Gasteiger partial charge in [0.05, 0.1) is 12.3 Å². The van der Waals surface area contributed by atoms with Crippen LogP contribution in [0.4, 0.5) is 10.5 Å². The lowest BCUT2D eigenvalue weighted by atomic mass is 10.2. The van der Waals surface area contributed by atoms with Crippen molar-refractivity contribution in [2.24, 2.45) is 0 Å². The lowest BCUT2D eigenvalue weighted by Crippen LogP contribution is -2.51. The second-order valence-corrected chi connectivity index (χ2v) is 7.93. The van der Waals surface area contributed by atoms with Crippen molar-refractivity contribution in [1.82, 2.24) is 10.2 Å². The molecule has 1 N–H and O–H groups in total. The lowest BCUT2D eigenvalue weighted by Gasteiger charge is -2.36. The number of amides is 2. The number of carbonyl (C=O) groups is 2. The molecule has 24 heavy (non-hydrogen) atoms. The van der Waals surface area contributed by atoms with Crippen LogP contribution < -0.4 is 10.2 Å². The zero-order valence-electron chi connectivity index (χ0n) is 14.0. The average Bonchev–Trinajstić information content (AvgIpc) is 2.59. The molecule has 0 unspecified atom stereocenters. The molecule has 1 saturated heterocycles. The van der Waals surface area contributed by atoms with Gasteiger partial charge in [0.15, 0.2) is 0 Å². The molecule has 8 heteroatoms. The Hall–Kier alpha value is -2.09. The van der Waals surface area contributed by atoms with Crippen LogP contribution in [0, 0.1) is 6.92 Å². The summed E-state index contributed by atoms with van der Waals surface area (Å²) in [5.41, 5.74) is 2.32. The summed E-state index contributed by atoms with van der Waals surface area (Å²) in [4.78, 5) is 27.4. The average molecular weight is 353 g/mol. The van der Waals surface area contributed by atoms with E-state index in [0.29, 0.717) is 26.2 Å². The Bertz CT molecular complexity index is 710. The van der Waals surface area contributed by atoms with Crippen LogP contribution in [0.15, 0.2) is 24.3 Å². The van der Waals surface area contributed by atoms with Gasteiger partial charge in [0.2, 0.25) is 15.7 Å². The van der Waals surface area contributed by atoms with E-state index in [1.807, 2.05) is 25.1 Å². The number of piperazine rings is 1. The summed E-state index contributed by atoms with van der Waals surface area (Å²) in [6.45, 7) is 5.64. The summed E-state index contributed by atoms with van der Waals surface area (Å²) in [7, 11) is -3.80. The Morgan fingerprint density at radius 1 is 1.17 bits per heavy atom. The SMILES string of the molecule is CCS(=O)(=O)C(=O)NCC(=O)N1CCN(c2cccc(C)c2)CC1. The van der Waals surface area contributed by atoms with E-state index in [1.165, 1.54) is 12.5 Å². The van der Waals surface area contributed by atoms with Crippen LogP contribution in [0.2, 0.25) is 0 Å². The number of rotatable bonds is 4. The topological polar surface area (TPSA) is 86.8 Å². The molecule has 0 aromatic heterocycles. The van der Waals surface area contributed by atoms with Gasteiger partial charge in [0, 0.05) is 31.9 Å². The van der Waals surface area contributed by atoms with Gasteiger partial charge in [-0.25, -0.2) is 8.42 Å². The van der Waals surface area contributed by atoms with Crippen LogP contribution in [-0.4, -0.2) is 62.9 Å². The minimum Gasteiger partial charge on any atom is -0.368 e. The first kappa shape index (κ1) is 18.3. The molecule has 1 aromatic carbocycles. The van der Waals surface area contributed by atoms with Crippen LogP contribution in [0.3, 0.4) is 0 Å². The van der Waals surface area contributed by atoms with Crippen LogP contribution in [-0.2, 0) is 14.6 Å². The van der Waals surface area contributed by atoms with Crippen LogP contribution in [0.5, 0.6) is 0 Å². The Kier molecular flexibility index (Phi) is 5.82. The maximum atomic E-state index is 12.1. The molecule has 0 spiro atoms. The highest BCUT2D eigenvalue weighted by atomic mass is 32.2. The molecule has 1 fully saturated rings. The Morgan fingerprint density at radius 2 is 1.83 bits per heavy atom. The normalized spacial score (nSPS) is 15.2. The van der Waals surface area contributed by atoms with Crippen molar-refractivity contribution in [3.05, 3.63) is 29.8 Å². The molecule has 0 aliphatic carbocycles. The molecule has 1 heterocycles. The van der Waals surface area contributed by atoms with E-state index in [4.69, 9.17) is 0 Å². The van der Waals surface area contributed by atoms with E-state index < -0.39 is 15.1 Å². The summed E-state index contributed by atoms with van der Waals surface area (Å²) in [6.07, 6.45) is 0. The van der Waals surface area contributed by atoms with Gasteiger partial charge >= 0.3 is 5.24 Å². The number of aryl methyl sites for hydroxylation is 1. The van der Waals surface area contributed by atoms with Crippen LogP contribution >= 0.6 is 0 Å². The third-order valence-corrected chi connectivity index (χ3v) is 5.51. The van der Waals surface area contributed by atoms with Gasteiger partial charge in [0.25, 0.3) is 0 Å². The van der Waals surface area contributed by atoms with E-state index in [1.54, 1.807) is 4.90 Å².